The van der Waals surface area contributed by atoms with Crippen LogP contribution in [0.15, 0.2) is 64.0 Å². The van der Waals surface area contributed by atoms with Crippen LogP contribution in [0, 0.1) is 0 Å². The molecule has 0 aliphatic carbocycles. The fourth-order valence-electron chi connectivity index (χ4n) is 2.97. The van der Waals surface area contributed by atoms with Crippen LogP contribution in [0.3, 0.4) is 0 Å². The van der Waals surface area contributed by atoms with Gasteiger partial charge in [0, 0.05) is 17.6 Å². The number of aliphatic hydroxyl groups excluding tert-OH is 1. The molecule has 138 valence electrons. The number of hydrogen-bond acceptors (Lipinski definition) is 5. The van der Waals surface area contributed by atoms with E-state index in [1.54, 1.807) is 18.2 Å². The van der Waals surface area contributed by atoms with Crippen molar-refractivity contribution in [1.82, 2.24) is 4.90 Å². The third kappa shape index (κ3) is 3.50. The Morgan fingerprint density at radius 1 is 1.15 bits per heavy atom. The number of nitrogens with zero attached hydrogens (tertiary/aromatic N) is 2. The molecule has 7 nitrogen and oxygen atoms in total. The summed E-state index contributed by atoms with van der Waals surface area (Å²) < 4.78 is 11.4. The lowest BCUT2D eigenvalue weighted by Crippen LogP contribution is -2.28. The smallest absolute Gasteiger partial charge is 0.293 e. The van der Waals surface area contributed by atoms with E-state index in [0.717, 1.165) is 5.39 Å². The third-order valence-electron chi connectivity index (χ3n) is 4.25. The van der Waals surface area contributed by atoms with Gasteiger partial charge in [0.15, 0.2) is 0 Å². The van der Waals surface area contributed by atoms with Crippen LogP contribution < -0.4 is 5.32 Å². The molecule has 7 heteroatoms. The maximum atomic E-state index is 12.8. The third-order valence-corrected chi connectivity index (χ3v) is 4.25. The number of aliphatic hydroxyl groups is 1. The molecule has 0 saturated carbocycles. The van der Waals surface area contributed by atoms with Crippen molar-refractivity contribution in [3.63, 3.8) is 0 Å². The highest BCUT2D eigenvalue weighted by molar-refractivity contribution is 6.11. The highest BCUT2D eigenvalue weighted by atomic mass is 16.5. The molecule has 0 spiro atoms. The van der Waals surface area contributed by atoms with E-state index in [2.05, 4.69) is 10.3 Å². The summed E-state index contributed by atoms with van der Waals surface area (Å²) in [5.41, 5.74) is 1.65. The molecule has 1 amide bonds. The zero-order valence-corrected chi connectivity index (χ0v) is 14.6. The number of amides is 1. The lowest BCUT2D eigenvalue weighted by atomic mass is 10.2. The number of carbonyl (C=O) groups is 1. The molecule has 1 fully saturated rings. The van der Waals surface area contributed by atoms with E-state index >= 15 is 0 Å². The van der Waals surface area contributed by atoms with E-state index in [0.29, 0.717) is 42.7 Å². The van der Waals surface area contributed by atoms with Crippen molar-refractivity contribution in [2.45, 2.75) is 0 Å². The lowest BCUT2D eigenvalue weighted by Gasteiger charge is -2.13. The van der Waals surface area contributed by atoms with E-state index in [4.69, 9.17) is 9.15 Å². The van der Waals surface area contributed by atoms with Crippen LogP contribution in [0.25, 0.3) is 11.0 Å². The minimum atomic E-state index is -0.386. The highest BCUT2D eigenvalue weighted by Crippen LogP contribution is 2.34. The molecule has 27 heavy (non-hydrogen) atoms. The number of amidine groups is 1. The maximum absolute atomic E-state index is 12.8. The summed E-state index contributed by atoms with van der Waals surface area (Å²) >= 11 is 0. The summed E-state index contributed by atoms with van der Waals surface area (Å²) in [6.45, 7) is 1.54. The minimum absolute atomic E-state index is 0.00410. The first-order chi connectivity index (χ1) is 13.3. The van der Waals surface area contributed by atoms with Crippen molar-refractivity contribution < 1.29 is 19.1 Å². The van der Waals surface area contributed by atoms with Gasteiger partial charge in [-0.3, -0.25) is 4.79 Å². The van der Waals surface area contributed by atoms with E-state index in [1.807, 2.05) is 41.3 Å². The number of aliphatic imine (C=N–C) groups is 1. The molecule has 2 N–H and O–H groups in total. The van der Waals surface area contributed by atoms with E-state index < -0.39 is 0 Å². The van der Waals surface area contributed by atoms with Crippen molar-refractivity contribution in [3.8, 4) is 0 Å². The van der Waals surface area contributed by atoms with E-state index in [-0.39, 0.29) is 18.3 Å². The van der Waals surface area contributed by atoms with Gasteiger partial charge in [0.25, 0.3) is 11.9 Å². The van der Waals surface area contributed by atoms with Gasteiger partial charge in [-0.25, -0.2) is 0 Å². The topological polar surface area (TPSA) is 87.3 Å². The second-order valence-electron chi connectivity index (χ2n) is 6.05. The number of ether oxygens (including phenoxy) is 1. The van der Waals surface area contributed by atoms with Gasteiger partial charge in [-0.2, -0.15) is 4.99 Å². The Morgan fingerprint density at radius 2 is 1.93 bits per heavy atom. The molecule has 1 saturated heterocycles. The summed E-state index contributed by atoms with van der Waals surface area (Å²) in [5.74, 6) is -0.268. The average molecular weight is 365 g/mol. The summed E-state index contributed by atoms with van der Waals surface area (Å²) in [6, 6.07) is 16.9. The van der Waals surface area contributed by atoms with Crippen LogP contribution in [0.1, 0.15) is 10.6 Å². The van der Waals surface area contributed by atoms with E-state index in [1.165, 1.54) is 0 Å². The number of fused-ring (bicyclic) bond motifs is 1. The van der Waals surface area contributed by atoms with Crippen molar-refractivity contribution >= 4 is 34.3 Å². The molecule has 0 unspecified atom stereocenters. The standard InChI is InChI=1S/C20H19N3O4/c24-12-10-23-11-13-26-20(23)22-17-15-8-4-5-9-16(15)27-18(17)19(25)21-14-6-2-1-3-7-14/h1-9,24H,10-13H2,(H,21,25). The van der Waals surface area contributed by atoms with Gasteiger partial charge >= 0.3 is 0 Å². The molecule has 0 atom stereocenters. The molecule has 3 aromatic rings. The minimum Gasteiger partial charge on any atom is -0.463 e. The molecule has 1 aromatic heterocycles. The number of carbonyl (C=O) groups excluding carboxylic acids is 1. The molecule has 0 bridgehead atoms. The van der Waals surface area contributed by atoms with Crippen LogP contribution in [0.2, 0.25) is 0 Å². The highest BCUT2D eigenvalue weighted by Gasteiger charge is 2.25. The summed E-state index contributed by atoms with van der Waals surface area (Å²) in [4.78, 5) is 19.2. The number of furan rings is 1. The van der Waals surface area contributed by atoms with Gasteiger partial charge in [0.1, 0.15) is 17.9 Å². The normalized spacial score (nSPS) is 15.3. The molecule has 2 aromatic carbocycles. The zero-order valence-electron chi connectivity index (χ0n) is 14.6. The summed E-state index contributed by atoms with van der Waals surface area (Å²) in [6.07, 6.45) is 0. The van der Waals surface area contributed by atoms with Gasteiger partial charge in [-0.15, -0.1) is 0 Å². The monoisotopic (exact) mass is 365 g/mol. The number of β-amino-alcohol motifs (C(OH)–C–C–N with tert-alkyl or cyclic N) is 1. The second kappa shape index (κ2) is 7.51. The van der Waals surface area contributed by atoms with Crippen molar-refractivity contribution in [3.05, 3.63) is 60.4 Å². The first kappa shape index (κ1) is 17.1. The number of para-hydroxylation sites is 2. The van der Waals surface area contributed by atoms with Gasteiger partial charge in [0.2, 0.25) is 5.76 Å². The van der Waals surface area contributed by atoms with Crippen LogP contribution in [0.5, 0.6) is 0 Å². The molecular weight excluding hydrogens is 346 g/mol. The average Bonchev–Trinajstić information content (AvgIpc) is 3.28. The van der Waals surface area contributed by atoms with Crippen molar-refractivity contribution in [2.75, 3.05) is 31.6 Å². The predicted molar refractivity (Wildman–Crippen MR) is 102 cm³/mol. The Bertz CT molecular complexity index is 981. The van der Waals surface area contributed by atoms with Crippen molar-refractivity contribution in [2.24, 2.45) is 4.99 Å². The quantitative estimate of drug-likeness (QED) is 0.726. The Labute approximate surface area is 155 Å². The maximum Gasteiger partial charge on any atom is 0.293 e. The predicted octanol–water partition coefficient (Wildman–Crippen LogP) is 3.00. The Balaban J connectivity index is 1.74. The molecule has 2 heterocycles. The van der Waals surface area contributed by atoms with E-state index in [9.17, 15) is 9.90 Å². The molecule has 4 rings (SSSR count). The van der Waals surface area contributed by atoms with Crippen LogP contribution >= 0.6 is 0 Å². The molecular formula is C20H19N3O4. The molecule has 1 aliphatic heterocycles. The van der Waals surface area contributed by atoms with Gasteiger partial charge in [0.05, 0.1) is 13.2 Å². The fourth-order valence-corrected chi connectivity index (χ4v) is 2.97. The molecule has 0 radical (unpaired) electrons. The van der Waals surface area contributed by atoms with Gasteiger partial charge in [-0.05, 0) is 24.3 Å². The zero-order chi connectivity index (χ0) is 18.6. The second-order valence-corrected chi connectivity index (χ2v) is 6.05. The fraction of sp³-hybridized carbons (Fsp3) is 0.200. The summed E-state index contributed by atoms with van der Waals surface area (Å²) in [5, 5.41) is 12.8. The Morgan fingerprint density at radius 3 is 2.74 bits per heavy atom. The summed E-state index contributed by atoms with van der Waals surface area (Å²) in [7, 11) is 0. The van der Waals surface area contributed by atoms with Crippen LogP contribution in [0.4, 0.5) is 11.4 Å². The van der Waals surface area contributed by atoms with Gasteiger partial charge in [-0.1, -0.05) is 30.3 Å². The largest absolute Gasteiger partial charge is 0.463 e. The number of anilines is 1. The number of rotatable bonds is 5. The molecule has 1 aliphatic rings. The first-order valence-corrected chi connectivity index (χ1v) is 8.71. The van der Waals surface area contributed by atoms with Crippen molar-refractivity contribution in [1.29, 1.82) is 0 Å². The first-order valence-electron chi connectivity index (χ1n) is 8.71. The van der Waals surface area contributed by atoms with Crippen LogP contribution in [-0.4, -0.2) is 48.2 Å². The lowest BCUT2D eigenvalue weighted by molar-refractivity contribution is 0.0999. The number of nitrogens with one attached hydrogen (secondary N) is 1. The number of benzene rings is 2. The van der Waals surface area contributed by atoms with Gasteiger partial charge < -0.3 is 24.5 Å². The Kier molecular flexibility index (Phi) is 4.76. The SMILES string of the molecule is O=C(Nc1ccccc1)c1oc2ccccc2c1N=C1OCCN1CCO. The number of hydrogen-bond donors (Lipinski definition) is 2. The Hall–Kier alpha value is -3.32. The van der Waals surface area contributed by atoms with Crippen LogP contribution in [-0.2, 0) is 4.74 Å².